The molecule has 2 saturated carbocycles. The minimum absolute atomic E-state index is 0.0309. The number of thiazole rings is 2. The fraction of sp³-hybridized carbons (Fsp3) is 0.351. The summed E-state index contributed by atoms with van der Waals surface area (Å²) in [5.41, 5.74) is 1.30. The number of aromatic nitrogens is 2. The molecular weight excluding hydrogens is 788 g/mol. The van der Waals surface area contributed by atoms with E-state index in [-0.39, 0.29) is 34.2 Å². The Morgan fingerprint density at radius 2 is 1.07 bits per heavy atom. The first-order valence-electron chi connectivity index (χ1n) is 17.3. The molecular formula is C37H39ClN6O8S3. The molecule has 0 atom stereocenters. The molecule has 0 saturated heterocycles. The fourth-order valence-corrected chi connectivity index (χ4v) is 8.21. The average molecular weight is 827 g/mol. The SMILES string of the molecule is COc1ccc(NC(=O)C(=O)Nc2ncc(Cl)s2)c(C(=O)C2CCCC2)c1.COc1ccc(NC(=O)C(=O)Nc2ncc(SC)s2)c(C(=O)C2CCCC2)c1. The number of thioether (sulfide) groups is 1. The van der Waals surface area contributed by atoms with Crippen LogP contribution in [0.4, 0.5) is 21.6 Å². The topological polar surface area (TPSA) is 195 Å². The monoisotopic (exact) mass is 826 g/mol. The lowest BCUT2D eigenvalue weighted by molar-refractivity contribution is -0.133. The number of nitrogens with zero attached hydrogens (tertiary/aromatic N) is 2. The van der Waals surface area contributed by atoms with Crippen LogP contribution in [0.3, 0.4) is 0 Å². The molecule has 2 aromatic heterocycles. The van der Waals surface area contributed by atoms with Gasteiger partial charge in [0.1, 0.15) is 15.8 Å². The van der Waals surface area contributed by atoms with Crippen molar-refractivity contribution in [3.63, 3.8) is 0 Å². The molecule has 0 bridgehead atoms. The zero-order chi connectivity index (χ0) is 39.5. The summed E-state index contributed by atoms with van der Waals surface area (Å²) >= 11 is 9.58. The number of amides is 4. The van der Waals surface area contributed by atoms with Gasteiger partial charge in [-0.1, -0.05) is 60.0 Å². The van der Waals surface area contributed by atoms with Crippen molar-refractivity contribution in [3.05, 3.63) is 64.3 Å². The third kappa shape index (κ3) is 11.1. The number of hydrogen-bond donors (Lipinski definition) is 4. The second kappa shape index (κ2) is 19.7. The van der Waals surface area contributed by atoms with Gasteiger partial charge >= 0.3 is 23.6 Å². The molecule has 4 N–H and O–H groups in total. The molecule has 4 aromatic rings. The van der Waals surface area contributed by atoms with E-state index in [9.17, 15) is 28.8 Å². The van der Waals surface area contributed by atoms with Gasteiger partial charge in [-0.15, -0.1) is 11.8 Å². The number of methoxy groups -OCH3 is 2. The molecule has 2 aliphatic carbocycles. The van der Waals surface area contributed by atoms with Crippen molar-refractivity contribution in [1.82, 2.24) is 9.97 Å². The van der Waals surface area contributed by atoms with Crippen molar-refractivity contribution in [2.24, 2.45) is 11.8 Å². The number of rotatable bonds is 11. The predicted molar refractivity (Wildman–Crippen MR) is 214 cm³/mol. The van der Waals surface area contributed by atoms with Gasteiger partial charge in [-0.05, 0) is 68.3 Å². The maximum Gasteiger partial charge on any atom is 0.315 e. The number of ketones is 2. The Hall–Kier alpha value is -4.84. The van der Waals surface area contributed by atoms with E-state index in [1.807, 2.05) is 6.26 Å². The van der Waals surface area contributed by atoms with Crippen LogP contribution < -0.4 is 30.7 Å². The van der Waals surface area contributed by atoms with Crippen LogP contribution >= 0.6 is 46.0 Å². The number of nitrogens with one attached hydrogen (secondary N) is 4. The van der Waals surface area contributed by atoms with E-state index >= 15 is 0 Å². The molecule has 6 rings (SSSR count). The molecule has 2 fully saturated rings. The highest BCUT2D eigenvalue weighted by Gasteiger charge is 2.29. The quantitative estimate of drug-likeness (QED) is 0.0662. The molecule has 0 aliphatic heterocycles. The van der Waals surface area contributed by atoms with E-state index in [0.717, 1.165) is 66.9 Å². The number of ether oxygens (including phenoxy) is 2. The summed E-state index contributed by atoms with van der Waals surface area (Å²) in [7, 11) is 3.02. The Balaban J connectivity index is 0.000000211. The van der Waals surface area contributed by atoms with E-state index in [0.29, 0.717) is 37.8 Å². The molecule has 0 unspecified atom stereocenters. The van der Waals surface area contributed by atoms with Gasteiger partial charge < -0.3 is 20.1 Å². The maximum atomic E-state index is 12.9. The number of Topliss-reactive ketones (excluding diaryl/α,β-unsaturated/α-hetero) is 2. The number of carbonyl (C=O) groups excluding carboxylic acids is 6. The Kier molecular flexibility index (Phi) is 14.8. The standard InChI is InChI=1S/C19H21N3O4S2.C18H18ClN3O4S/c1-26-12-7-8-14(13(9-12)16(23)11-5-3-4-6-11)21-17(24)18(25)22-19-20-10-15(27-2)28-19;1-26-11-6-7-13(12(8-11)15(23)10-4-2-3-5-10)21-16(24)17(25)22-18-20-9-14(19)27-18/h7-11H,3-6H2,1-2H3,(H,21,24)(H,20,22,25);6-10H,2-5H2,1H3,(H,21,24)(H,20,22,25). The number of carbonyl (C=O) groups is 6. The molecule has 290 valence electrons. The minimum Gasteiger partial charge on any atom is -0.497 e. The Labute approximate surface area is 334 Å². The van der Waals surface area contributed by atoms with E-state index in [1.165, 1.54) is 43.5 Å². The summed E-state index contributed by atoms with van der Waals surface area (Å²) in [4.78, 5) is 82.6. The van der Waals surface area contributed by atoms with Gasteiger partial charge in [0.25, 0.3) is 0 Å². The first kappa shape index (κ1) is 41.3. The van der Waals surface area contributed by atoms with Crippen molar-refractivity contribution in [3.8, 4) is 11.5 Å². The molecule has 2 heterocycles. The summed E-state index contributed by atoms with van der Waals surface area (Å²) in [6.07, 6.45) is 12.3. The summed E-state index contributed by atoms with van der Waals surface area (Å²) in [5.74, 6) is -2.65. The first-order valence-corrected chi connectivity index (χ1v) is 20.5. The lowest BCUT2D eigenvalue weighted by atomic mass is 9.95. The van der Waals surface area contributed by atoms with E-state index in [4.69, 9.17) is 21.1 Å². The van der Waals surface area contributed by atoms with E-state index in [1.54, 1.807) is 42.6 Å². The van der Waals surface area contributed by atoms with Crippen molar-refractivity contribution in [2.45, 2.75) is 55.6 Å². The molecule has 4 amide bonds. The van der Waals surface area contributed by atoms with Gasteiger partial charge in [-0.3, -0.25) is 39.4 Å². The van der Waals surface area contributed by atoms with Gasteiger partial charge in [-0.2, -0.15) is 0 Å². The zero-order valence-corrected chi connectivity index (χ0v) is 33.4. The van der Waals surface area contributed by atoms with Crippen LogP contribution in [0, 0.1) is 11.8 Å². The summed E-state index contributed by atoms with van der Waals surface area (Å²) < 4.78 is 11.7. The van der Waals surface area contributed by atoms with E-state index < -0.39 is 23.6 Å². The van der Waals surface area contributed by atoms with Gasteiger partial charge in [-0.25, -0.2) is 9.97 Å². The van der Waals surface area contributed by atoms with Crippen LogP contribution in [0.1, 0.15) is 72.1 Å². The largest absolute Gasteiger partial charge is 0.497 e. The fourth-order valence-electron chi connectivity index (χ4n) is 6.13. The lowest BCUT2D eigenvalue weighted by Crippen LogP contribution is -2.30. The number of halogens is 1. The Morgan fingerprint density at radius 1 is 0.655 bits per heavy atom. The van der Waals surface area contributed by atoms with Crippen molar-refractivity contribution in [1.29, 1.82) is 0 Å². The van der Waals surface area contributed by atoms with Gasteiger partial charge in [0.15, 0.2) is 21.8 Å². The van der Waals surface area contributed by atoms with Crippen LogP contribution in [-0.4, -0.2) is 65.6 Å². The highest BCUT2D eigenvalue weighted by molar-refractivity contribution is 8.00. The first-order chi connectivity index (χ1) is 26.5. The predicted octanol–water partition coefficient (Wildman–Crippen LogP) is 7.58. The third-order valence-corrected chi connectivity index (χ3v) is 11.9. The van der Waals surface area contributed by atoms with Crippen LogP contribution in [0.2, 0.25) is 4.34 Å². The van der Waals surface area contributed by atoms with Crippen LogP contribution in [0.5, 0.6) is 11.5 Å². The Morgan fingerprint density at radius 3 is 1.45 bits per heavy atom. The summed E-state index contributed by atoms with van der Waals surface area (Å²) in [5, 5.41) is 10.5. The maximum absolute atomic E-state index is 12.9. The van der Waals surface area contributed by atoms with Gasteiger partial charge in [0.2, 0.25) is 0 Å². The molecule has 14 nitrogen and oxygen atoms in total. The average Bonchev–Trinajstić information content (AvgIpc) is 4.04. The second-order valence-corrected chi connectivity index (χ2v) is 16.3. The molecule has 55 heavy (non-hydrogen) atoms. The van der Waals surface area contributed by atoms with E-state index in [2.05, 4.69) is 31.2 Å². The number of hydrogen-bond acceptors (Lipinski definition) is 13. The highest BCUT2D eigenvalue weighted by atomic mass is 35.5. The minimum atomic E-state index is -0.896. The van der Waals surface area contributed by atoms with Crippen LogP contribution in [-0.2, 0) is 19.2 Å². The second-order valence-electron chi connectivity index (χ2n) is 12.5. The number of anilines is 4. The van der Waals surface area contributed by atoms with Gasteiger partial charge in [0.05, 0.1) is 42.2 Å². The number of benzene rings is 2. The summed E-state index contributed by atoms with van der Waals surface area (Å²) in [6.45, 7) is 0. The van der Waals surface area contributed by atoms with Crippen LogP contribution in [0.15, 0.2) is 53.0 Å². The van der Waals surface area contributed by atoms with Crippen molar-refractivity contribution < 1.29 is 38.2 Å². The molecule has 2 aliphatic rings. The highest BCUT2D eigenvalue weighted by Crippen LogP contribution is 2.34. The van der Waals surface area contributed by atoms with Crippen molar-refractivity contribution >= 4 is 103 Å². The lowest BCUT2D eigenvalue weighted by Gasteiger charge is -2.14. The zero-order valence-electron chi connectivity index (χ0n) is 30.2. The summed E-state index contributed by atoms with van der Waals surface area (Å²) in [6, 6.07) is 9.62. The van der Waals surface area contributed by atoms with Gasteiger partial charge in [0, 0.05) is 23.0 Å². The molecule has 0 spiro atoms. The van der Waals surface area contributed by atoms with Crippen molar-refractivity contribution in [2.75, 3.05) is 41.7 Å². The molecule has 2 aromatic carbocycles. The molecule has 18 heteroatoms. The third-order valence-electron chi connectivity index (χ3n) is 8.95. The van der Waals surface area contributed by atoms with Crippen LogP contribution in [0.25, 0.3) is 0 Å². The smallest absolute Gasteiger partial charge is 0.315 e. The Bertz CT molecular complexity index is 2060. The normalized spacial score (nSPS) is 14.0. The molecule has 0 radical (unpaired) electrons.